The molecule has 26 heavy (non-hydrogen) atoms. The van der Waals surface area contributed by atoms with Gasteiger partial charge in [0, 0.05) is 31.4 Å². The Bertz CT molecular complexity index is 1140. The maximum absolute atomic E-state index is 11.5. The third-order valence-electron chi connectivity index (χ3n) is 4.04. The van der Waals surface area contributed by atoms with Gasteiger partial charge in [-0.25, -0.2) is 4.63 Å². The number of hydrogen-bond donors (Lipinski definition) is 1. The van der Waals surface area contributed by atoms with Crippen LogP contribution in [0.4, 0.5) is 22.7 Å². The van der Waals surface area contributed by atoms with Crippen LogP contribution in [0.5, 0.6) is 0 Å². The van der Waals surface area contributed by atoms with Gasteiger partial charge in [0.25, 0.3) is 0 Å². The number of nitrogens with one attached hydrogen (secondary N) is 1. The minimum Gasteiger partial charge on any atom is -0.372 e. The Hall–Kier alpha value is -3.75. The molecule has 0 spiro atoms. The van der Waals surface area contributed by atoms with Crippen LogP contribution in [-0.4, -0.2) is 34.3 Å². The number of nitro benzene ring substituents is 1. The van der Waals surface area contributed by atoms with Crippen molar-refractivity contribution in [2.75, 3.05) is 24.3 Å². The van der Waals surface area contributed by atoms with Crippen molar-refractivity contribution in [3.63, 3.8) is 0 Å². The highest BCUT2D eigenvalue weighted by molar-refractivity contribution is 6.01. The van der Waals surface area contributed by atoms with E-state index in [1.165, 1.54) is 0 Å². The van der Waals surface area contributed by atoms with Crippen molar-refractivity contribution >= 4 is 44.7 Å². The molecule has 0 atom stereocenters. The van der Waals surface area contributed by atoms with Gasteiger partial charge in [-0.15, -0.1) is 0 Å². The molecule has 0 amide bonds. The predicted octanol–water partition coefficient (Wildman–Crippen LogP) is 3.49. The topological polar surface area (TPSA) is 110 Å². The van der Waals surface area contributed by atoms with Crippen LogP contribution < -0.4 is 10.2 Å². The molecule has 2 aromatic carbocycles. The summed E-state index contributed by atoms with van der Waals surface area (Å²) < 4.78 is 4.77. The molecule has 0 saturated heterocycles. The third kappa shape index (κ3) is 2.55. The number of anilines is 3. The smallest absolute Gasteiger partial charge is 0.323 e. The minimum atomic E-state index is -0.479. The number of nitro groups is 1. The fourth-order valence-electron chi connectivity index (χ4n) is 2.84. The number of rotatable bonds is 4. The Morgan fingerprint density at radius 2 is 1.96 bits per heavy atom. The molecular weight excluding hydrogens is 336 g/mol. The molecule has 0 unspecified atom stereocenters. The Morgan fingerprint density at radius 3 is 2.73 bits per heavy atom. The van der Waals surface area contributed by atoms with Crippen LogP contribution in [0.3, 0.4) is 0 Å². The average Bonchev–Trinajstić information content (AvgIpc) is 3.10. The summed E-state index contributed by atoms with van der Waals surface area (Å²) >= 11 is 0. The van der Waals surface area contributed by atoms with Gasteiger partial charge in [-0.1, -0.05) is 6.07 Å². The second kappa shape index (κ2) is 5.96. The lowest BCUT2D eigenvalue weighted by atomic mass is 10.1. The van der Waals surface area contributed by atoms with Crippen molar-refractivity contribution in [1.82, 2.24) is 15.3 Å². The highest BCUT2D eigenvalue weighted by atomic mass is 16.6. The van der Waals surface area contributed by atoms with E-state index in [1.54, 1.807) is 31.3 Å². The summed E-state index contributed by atoms with van der Waals surface area (Å²) in [4.78, 5) is 17.0. The molecule has 0 saturated carbocycles. The molecule has 9 nitrogen and oxygen atoms in total. The van der Waals surface area contributed by atoms with Crippen LogP contribution >= 0.6 is 0 Å². The van der Waals surface area contributed by atoms with Gasteiger partial charge in [0.2, 0.25) is 5.52 Å². The Balaban J connectivity index is 1.86. The maximum Gasteiger partial charge on any atom is 0.323 e. The van der Waals surface area contributed by atoms with Crippen LogP contribution in [-0.2, 0) is 0 Å². The summed E-state index contributed by atoms with van der Waals surface area (Å²) in [5, 5.41) is 23.3. The van der Waals surface area contributed by atoms with Crippen molar-refractivity contribution < 1.29 is 9.55 Å². The first-order chi connectivity index (χ1) is 12.5. The van der Waals surface area contributed by atoms with Crippen molar-refractivity contribution in [2.24, 2.45) is 0 Å². The van der Waals surface area contributed by atoms with E-state index in [-0.39, 0.29) is 11.2 Å². The Kier molecular flexibility index (Phi) is 3.61. The quantitative estimate of drug-likeness (QED) is 0.440. The molecule has 2 heterocycles. The number of hydrogen-bond acceptors (Lipinski definition) is 8. The van der Waals surface area contributed by atoms with Crippen molar-refractivity contribution in [1.29, 1.82) is 0 Å². The fraction of sp³-hybridized carbons (Fsp3) is 0.118. The van der Waals surface area contributed by atoms with Gasteiger partial charge in [0.15, 0.2) is 5.52 Å². The largest absolute Gasteiger partial charge is 0.372 e. The highest BCUT2D eigenvalue weighted by Crippen LogP contribution is 2.39. The van der Waals surface area contributed by atoms with E-state index in [2.05, 4.69) is 20.6 Å². The predicted molar refractivity (Wildman–Crippen MR) is 97.8 cm³/mol. The van der Waals surface area contributed by atoms with Gasteiger partial charge in [0.05, 0.1) is 16.1 Å². The van der Waals surface area contributed by atoms with E-state index < -0.39 is 4.92 Å². The van der Waals surface area contributed by atoms with Crippen molar-refractivity contribution in [3.05, 3.63) is 52.7 Å². The van der Waals surface area contributed by atoms with E-state index in [4.69, 9.17) is 4.63 Å². The first kappa shape index (κ1) is 15.8. The summed E-state index contributed by atoms with van der Waals surface area (Å²) in [7, 11) is 3.46. The van der Waals surface area contributed by atoms with E-state index in [1.807, 2.05) is 30.3 Å². The molecule has 130 valence electrons. The lowest BCUT2D eigenvalue weighted by molar-refractivity contribution is -0.382. The first-order valence-corrected chi connectivity index (χ1v) is 7.77. The average molecular weight is 350 g/mol. The number of nitrogens with zero attached hydrogens (tertiary/aromatic N) is 5. The van der Waals surface area contributed by atoms with Gasteiger partial charge in [-0.2, -0.15) is 0 Å². The van der Waals surface area contributed by atoms with Crippen LogP contribution in [0.15, 0.2) is 47.2 Å². The normalized spacial score (nSPS) is 11.0. The van der Waals surface area contributed by atoms with Crippen LogP contribution in [0.1, 0.15) is 0 Å². The molecular formula is C17H14N6O3. The fourth-order valence-corrected chi connectivity index (χ4v) is 2.84. The Morgan fingerprint density at radius 1 is 1.15 bits per heavy atom. The molecule has 0 bridgehead atoms. The standard InChI is InChI=1S/C17H14N6O3/c1-22(2)14-9-13(15-16(21-26-20-15)17(14)23(24)25)19-11-5-6-12-10(8-11)4-3-7-18-12/h3-9,19H,1-2H3. The second-order valence-corrected chi connectivity index (χ2v) is 5.94. The van der Waals surface area contributed by atoms with Crippen molar-refractivity contribution in [3.8, 4) is 0 Å². The highest BCUT2D eigenvalue weighted by Gasteiger charge is 2.26. The number of pyridine rings is 1. The van der Waals surface area contributed by atoms with E-state index in [0.29, 0.717) is 16.9 Å². The van der Waals surface area contributed by atoms with Gasteiger partial charge in [0.1, 0.15) is 5.69 Å². The first-order valence-electron chi connectivity index (χ1n) is 7.77. The van der Waals surface area contributed by atoms with Gasteiger partial charge in [-0.05, 0) is 40.6 Å². The Labute approximate surface area is 147 Å². The molecule has 0 aliphatic rings. The van der Waals surface area contributed by atoms with E-state index in [0.717, 1.165) is 16.6 Å². The second-order valence-electron chi connectivity index (χ2n) is 5.94. The van der Waals surface area contributed by atoms with Gasteiger partial charge < -0.3 is 10.2 Å². The molecule has 2 aromatic heterocycles. The molecule has 0 aliphatic carbocycles. The summed E-state index contributed by atoms with van der Waals surface area (Å²) in [6.45, 7) is 0. The number of fused-ring (bicyclic) bond motifs is 2. The molecule has 0 radical (unpaired) electrons. The zero-order valence-corrected chi connectivity index (χ0v) is 14.0. The van der Waals surface area contributed by atoms with Crippen LogP contribution in [0.2, 0.25) is 0 Å². The molecule has 1 N–H and O–H groups in total. The van der Waals surface area contributed by atoms with Crippen LogP contribution in [0, 0.1) is 10.1 Å². The maximum atomic E-state index is 11.5. The monoisotopic (exact) mass is 350 g/mol. The van der Waals surface area contributed by atoms with E-state index in [9.17, 15) is 10.1 Å². The number of aromatic nitrogens is 3. The van der Waals surface area contributed by atoms with Crippen molar-refractivity contribution in [2.45, 2.75) is 0 Å². The SMILES string of the molecule is CN(C)c1cc(Nc2ccc3ncccc3c2)c2nonc2c1[N+](=O)[O-]. The summed E-state index contributed by atoms with van der Waals surface area (Å²) in [5.74, 6) is 0. The van der Waals surface area contributed by atoms with E-state index >= 15 is 0 Å². The zero-order valence-electron chi connectivity index (χ0n) is 14.0. The molecule has 0 fully saturated rings. The van der Waals surface area contributed by atoms with Crippen LogP contribution in [0.25, 0.3) is 21.9 Å². The summed E-state index contributed by atoms with van der Waals surface area (Å²) in [5.41, 5.74) is 2.92. The minimum absolute atomic E-state index is 0.103. The molecule has 9 heteroatoms. The lowest BCUT2D eigenvalue weighted by Gasteiger charge is -2.15. The summed E-state index contributed by atoms with van der Waals surface area (Å²) in [6, 6.07) is 11.2. The van der Waals surface area contributed by atoms with Gasteiger partial charge >= 0.3 is 5.69 Å². The zero-order chi connectivity index (χ0) is 18.3. The molecule has 0 aliphatic heterocycles. The lowest BCUT2D eigenvalue weighted by Crippen LogP contribution is -2.12. The number of benzene rings is 2. The molecule has 4 rings (SSSR count). The van der Waals surface area contributed by atoms with Gasteiger partial charge in [-0.3, -0.25) is 15.1 Å². The third-order valence-corrected chi connectivity index (χ3v) is 4.04. The summed E-state index contributed by atoms with van der Waals surface area (Å²) in [6.07, 6.45) is 1.74. The molecule has 4 aromatic rings.